The smallest absolute Gasteiger partial charge is 0.244 e. The highest BCUT2D eigenvalue weighted by molar-refractivity contribution is 5.92. The van der Waals surface area contributed by atoms with Crippen LogP contribution in [-0.4, -0.2) is 27.2 Å². The van der Waals surface area contributed by atoms with Crippen molar-refractivity contribution in [2.45, 2.75) is 6.54 Å². The Morgan fingerprint density at radius 1 is 1.00 bits per heavy atom. The van der Waals surface area contributed by atoms with Crippen molar-refractivity contribution in [3.8, 4) is 17.2 Å². The lowest BCUT2D eigenvalue weighted by Gasteiger charge is -2.14. The molecule has 0 spiro atoms. The van der Waals surface area contributed by atoms with E-state index < -0.39 is 0 Å². The van der Waals surface area contributed by atoms with Crippen LogP contribution in [0.1, 0.15) is 11.3 Å². The standard InChI is InChI=1S/C21H21NO5/c1-24-18-12-20(26-3)19(25-2)11-15(18)13-22-21(23)9-8-16-10-14-6-4-5-7-17(14)27-16/h4-12H,13H2,1-3H3,(H,22,23)/b9-8+. The SMILES string of the molecule is COc1cc(OC)c(OC)cc1CNC(=O)/C=C/c1cc2ccccc2o1. The van der Waals surface area contributed by atoms with E-state index >= 15 is 0 Å². The third kappa shape index (κ3) is 4.23. The number of ether oxygens (including phenoxy) is 3. The Morgan fingerprint density at radius 3 is 2.41 bits per heavy atom. The molecular weight excluding hydrogens is 346 g/mol. The summed E-state index contributed by atoms with van der Waals surface area (Å²) in [6.45, 7) is 0.285. The maximum atomic E-state index is 12.1. The Labute approximate surface area is 157 Å². The number of rotatable bonds is 7. The number of benzene rings is 2. The molecule has 0 atom stereocenters. The molecule has 0 saturated carbocycles. The van der Waals surface area contributed by atoms with Gasteiger partial charge >= 0.3 is 0 Å². The number of carbonyl (C=O) groups excluding carboxylic acids is 1. The van der Waals surface area contributed by atoms with Gasteiger partial charge in [-0.2, -0.15) is 0 Å². The van der Waals surface area contributed by atoms with Crippen LogP contribution in [0.25, 0.3) is 17.0 Å². The van der Waals surface area contributed by atoms with Crippen LogP contribution < -0.4 is 19.5 Å². The maximum Gasteiger partial charge on any atom is 0.244 e. The number of fused-ring (bicyclic) bond motifs is 1. The molecule has 2 aromatic carbocycles. The van der Waals surface area contributed by atoms with Crippen LogP contribution in [-0.2, 0) is 11.3 Å². The Hall–Kier alpha value is -3.41. The van der Waals surface area contributed by atoms with Crippen molar-refractivity contribution in [2.75, 3.05) is 21.3 Å². The van der Waals surface area contributed by atoms with E-state index in [0.29, 0.717) is 23.0 Å². The predicted octanol–water partition coefficient (Wildman–Crippen LogP) is 3.79. The Bertz CT molecular complexity index is 941. The lowest BCUT2D eigenvalue weighted by atomic mass is 10.1. The fraction of sp³-hybridized carbons (Fsp3) is 0.190. The molecule has 1 heterocycles. The molecule has 0 unspecified atom stereocenters. The average Bonchev–Trinajstić information content (AvgIpc) is 3.12. The van der Waals surface area contributed by atoms with Gasteiger partial charge in [0.05, 0.1) is 21.3 Å². The summed E-state index contributed by atoms with van der Waals surface area (Å²) in [6.07, 6.45) is 3.08. The monoisotopic (exact) mass is 367 g/mol. The molecule has 1 amide bonds. The van der Waals surface area contributed by atoms with Gasteiger partial charge in [0, 0.05) is 29.6 Å². The molecule has 140 valence electrons. The van der Waals surface area contributed by atoms with Crippen LogP contribution in [0.15, 0.2) is 53.0 Å². The van der Waals surface area contributed by atoms with Gasteiger partial charge in [0.2, 0.25) is 5.91 Å². The average molecular weight is 367 g/mol. The molecule has 27 heavy (non-hydrogen) atoms. The summed E-state index contributed by atoms with van der Waals surface area (Å²) in [7, 11) is 4.68. The zero-order chi connectivity index (χ0) is 19.2. The van der Waals surface area contributed by atoms with Crippen LogP contribution in [0, 0.1) is 0 Å². The molecule has 0 aliphatic carbocycles. The first kappa shape index (κ1) is 18.4. The van der Waals surface area contributed by atoms with Gasteiger partial charge in [-0.05, 0) is 24.3 Å². The number of amides is 1. The fourth-order valence-corrected chi connectivity index (χ4v) is 2.71. The van der Waals surface area contributed by atoms with Gasteiger partial charge < -0.3 is 23.9 Å². The summed E-state index contributed by atoms with van der Waals surface area (Å²) in [5.41, 5.74) is 1.56. The van der Waals surface area contributed by atoms with Crippen molar-refractivity contribution in [3.63, 3.8) is 0 Å². The van der Waals surface area contributed by atoms with E-state index in [-0.39, 0.29) is 12.5 Å². The van der Waals surface area contributed by atoms with Crippen molar-refractivity contribution in [3.05, 3.63) is 59.9 Å². The van der Waals surface area contributed by atoms with Gasteiger partial charge in [-0.15, -0.1) is 0 Å². The summed E-state index contributed by atoms with van der Waals surface area (Å²) < 4.78 is 21.6. The topological polar surface area (TPSA) is 69.9 Å². The number of furan rings is 1. The summed E-state index contributed by atoms with van der Waals surface area (Å²) in [4.78, 5) is 12.1. The number of methoxy groups -OCH3 is 3. The Balaban J connectivity index is 1.68. The van der Waals surface area contributed by atoms with Gasteiger partial charge in [0.15, 0.2) is 11.5 Å². The van der Waals surface area contributed by atoms with E-state index in [1.165, 1.54) is 6.08 Å². The molecule has 6 heteroatoms. The lowest BCUT2D eigenvalue weighted by Crippen LogP contribution is -2.20. The van der Waals surface area contributed by atoms with Crippen molar-refractivity contribution in [1.82, 2.24) is 5.32 Å². The first-order valence-electron chi connectivity index (χ1n) is 8.38. The molecule has 0 fully saturated rings. The first-order valence-corrected chi connectivity index (χ1v) is 8.38. The first-order chi connectivity index (χ1) is 13.1. The maximum absolute atomic E-state index is 12.1. The molecule has 0 bridgehead atoms. The second-order valence-corrected chi connectivity index (χ2v) is 5.76. The molecule has 0 aliphatic rings. The van der Waals surface area contributed by atoms with Gasteiger partial charge in [-0.3, -0.25) is 4.79 Å². The van der Waals surface area contributed by atoms with Crippen LogP contribution in [0.5, 0.6) is 17.2 Å². The summed E-state index contributed by atoms with van der Waals surface area (Å²) in [6, 6.07) is 13.1. The number of hydrogen-bond donors (Lipinski definition) is 1. The minimum absolute atomic E-state index is 0.243. The minimum Gasteiger partial charge on any atom is -0.496 e. The second kappa shape index (κ2) is 8.31. The largest absolute Gasteiger partial charge is 0.496 e. The Morgan fingerprint density at radius 2 is 1.70 bits per heavy atom. The van der Waals surface area contributed by atoms with Crippen molar-refractivity contribution in [2.24, 2.45) is 0 Å². The van der Waals surface area contributed by atoms with Crippen molar-refractivity contribution in [1.29, 1.82) is 0 Å². The molecule has 6 nitrogen and oxygen atoms in total. The zero-order valence-electron chi connectivity index (χ0n) is 15.4. The molecule has 3 rings (SSSR count). The van der Waals surface area contributed by atoms with E-state index in [2.05, 4.69) is 5.32 Å². The van der Waals surface area contributed by atoms with Crippen LogP contribution in [0.3, 0.4) is 0 Å². The number of para-hydroxylation sites is 1. The molecule has 0 aliphatic heterocycles. The number of hydrogen-bond acceptors (Lipinski definition) is 5. The van der Waals surface area contributed by atoms with E-state index in [4.69, 9.17) is 18.6 Å². The Kier molecular flexibility index (Phi) is 5.66. The molecular formula is C21H21NO5. The fourth-order valence-electron chi connectivity index (χ4n) is 2.71. The molecule has 3 aromatic rings. The normalized spacial score (nSPS) is 10.9. The number of nitrogens with one attached hydrogen (secondary N) is 1. The quantitative estimate of drug-likeness (QED) is 0.644. The van der Waals surface area contributed by atoms with Crippen molar-refractivity contribution < 1.29 is 23.4 Å². The van der Waals surface area contributed by atoms with Crippen LogP contribution in [0.4, 0.5) is 0 Å². The van der Waals surface area contributed by atoms with Crippen LogP contribution in [0.2, 0.25) is 0 Å². The molecule has 1 aromatic heterocycles. The van der Waals surface area contributed by atoms with Gasteiger partial charge in [-0.1, -0.05) is 18.2 Å². The third-order valence-electron chi connectivity index (χ3n) is 4.08. The second-order valence-electron chi connectivity index (χ2n) is 5.76. The number of carbonyl (C=O) groups is 1. The summed E-state index contributed by atoms with van der Waals surface area (Å²) >= 11 is 0. The van der Waals surface area contributed by atoms with Gasteiger partial charge in [0.1, 0.15) is 17.1 Å². The van der Waals surface area contributed by atoms with E-state index in [1.807, 2.05) is 30.3 Å². The highest BCUT2D eigenvalue weighted by Crippen LogP contribution is 2.34. The molecule has 0 radical (unpaired) electrons. The molecule has 1 N–H and O–H groups in total. The summed E-state index contributed by atoms with van der Waals surface area (Å²) in [5, 5.41) is 3.82. The van der Waals surface area contributed by atoms with E-state index in [9.17, 15) is 4.79 Å². The van der Waals surface area contributed by atoms with Gasteiger partial charge in [0.25, 0.3) is 0 Å². The van der Waals surface area contributed by atoms with Crippen LogP contribution >= 0.6 is 0 Å². The zero-order valence-corrected chi connectivity index (χ0v) is 15.4. The summed E-state index contributed by atoms with van der Waals surface area (Å²) in [5.74, 6) is 2.12. The minimum atomic E-state index is -0.243. The highest BCUT2D eigenvalue weighted by Gasteiger charge is 2.12. The van der Waals surface area contributed by atoms with Gasteiger partial charge in [-0.25, -0.2) is 0 Å². The predicted molar refractivity (Wildman–Crippen MR) is 103 cm³/mol. The van der Waals surface area contributed by atoms with E-state index in [1.54, 1.807) is 39.5 Å². The lowest BCUT2D eigenvalue weighted by molar-refractivity contribution is -0.116. The third-order valence-corrected chi connectivity index (χ3v) is 4.08. The van der Waals surface area contributed by atoms with E-state index in [0.717, 1.165) is 16.5 Å². The molecule has 0 saturated heterocycles. The van der Waals surface area contributed by atoms with Crippen molar-refractivity contribution >= 4 is 23.0 Å². The highest BCUT2D eigenvalue weighted by atomic mass is 16.5.